The van der Waals surface area contributed by atoms with Gasteiger partial charge in [-0.2, -0.15) is 0 Å². The smallest absolute Gasteiger partial charge is 0.295 e. The maximum atomic E-state index is 13.2. The summed E-state index contributed by atoms with van der Waals surface area (Å²) < 4.78 is 10.6. The van der Waals surface area contributed by atoms with Crippen molar-refractivity contribution in [1.29, 1.82) is 0 Å². The van der Waals surface area contributed by atoms with Crippen LogP contribution in [0.2, 0.25) is 0 Å². The number of ketones is 1. The number of rotatable bonds is 5. The fraction of sp³-hybridized carbons (Fsp3) is 0.333. The van der Waals surface area contributed by atoms with Gasteiger partial charge in [0, 0.05) is 49.8 Å². The van der Waals surface area contributed by atoms with Gasteiger partial charge < -0.3 is 24.3 Å². The third-order valence-corrected chi connectivity index (χ3v) is 6.57. The Morgan fingerprint density at radius 1 is 0.970 bits per heavy atom. The molecule has 0 bridgehead atoms. The molecule has 1 aromatic carbocycles. The van der Waals surface area contributed by atoms with E-state index in [1.54, 1.807) is 4.90 Å². The number of likely N-dealkylation sites (tertiary alicyclic amines) is 2. The fourth-order valence-corrected chi connectivity index (χ4v) is 4.93. The zero-order chi connectivity index (χ0) is 23.1. The standard InChI is InChI=1S/C24H24N4O5/c1-32-18-9-26-22(33-2)20-19(18)17(8-25-20)21(29)24(31)28-12-15-10-27(11-16(15)13-28)23(30)14-6-4-3-5-7-14/h3-9,15-16,25H,10-13H2,1-2H3/t15-,16+. The van der Waals surface area contributed by atoms with Gasteiger partial charge in [0.05, 0.1) is 31.4 Å². The minimum absolute atomic E-state index is 0.00685. The highest BCUT2D eigenvalue weighted by Crippen LogP contribution is 2.35. The highest BCUT2D eigenvalue weighted by molar-refractivity contribution is 6.45. The summed E-state index contributed by atoms with van der Waals surface area (Å²) in [5.74, 6) is -0.124. The summed E-state index contributed by atoms with van der Waals surface area (Å²) in [6.45, 7) is 2.08. The molecule has 2 fully saturated rings. The molecule has 0 spiro atoms. The second-order valence-corrected chi connectivity index (χ2v) is 8.42. The van der Waals surface area contributed by atoms with Crippen LogP contribution in [0.1, 0.15) is 20.7 Å². The van der Waals surface area contributed by atoms with Crippen molar-refractivity contribution in [3.63, 3.8) is 0 Å². The Morgan fingerprint density at radius 3 is 2.27 bits per heavy atom. The third kappa shape index (κ3) is 3.49. The van der Waals surface area contributed by atoms with Gasteiger partial charge in [0.2, 0.25) is 5.88 Å². The molecule has 33 heavy (non-hydrogen) atoms. The van der Waals surface area contributed by atoms with Gasteiger partial charge in [-0.05, 0) is 12.1 Å². The Kier molecular flexibility index (Phi) is 5.24. The molecule has 3 aromatic rings. The van der Waals surface area contributed by atoms with Crippen molar-refractivity contribution in [2.75, 3.05) is 40.4 Å². The largest absolute Gasteiger partial charge is 0.494 e. The summed E-state index contributed by atoms with van der Waals surface area (Å²) in [6, 6.07) is 9.20. The normalized spacial score (nSPS) is 19.6. The van der Waals surface area contributed by atoms with Crippen molar-refractivity contribution in [1.82, 2.24) is 19.8 Å². The van der Waals surface area contributed by atoms with E-state index in [2.05, 4.69) is 9.97 Å². The minimum atomic E-state index is -0.606. The molecular weight excluding hydrogens is 424 g/mol. The topological polar surface area (TPSA) is 105 Å². The number of nitrogens with zero attached hydrogens (tertiary/aromatic N) is 3. The van der Waals surface area contributed by atoms with E-state index in [0.717, 1.165) is 0 Å². The molecule has 0 saturated carbocycles. The highest BCUT2D eigenvalue weighted by atomic mass is 16.5. The molecule has 9 heteroatoms. The Hall–Kier alpha value is -3.88. The first-order chi connectivity index (χ1) is 16.0. The first-order valence-corrected chi connectivity index (χ1v) is 10.8. The molecule has 4 heterocycles. The van der Waals surface area contributed by atoms with Gasteiger partial charge in [0.15, 0.2) is 0 Å². The van der Waals surface area contributed by atoms with Crippen LogP contribution in [0, 0.1) is 11.8 Å². The molecule has 2 amide bonds. The first-order valence-electron chi connectivity index (χ1n) is 10.8. The van der Waals surface area contributed by atoms with E-state index in [1.807, 2.05) is 35.2 Å². The lowest BCUT2D eigenvalue weighted by atomic mass is 10.0. The number of aromatic nitrogens is 2. The van der Waals surface area contributed by atoms with Gasteiger partial charge >= 0.3 is 0 Å². The van der Waals surface area contributed by atoms with Crippen LogP contribution in [0.5, 0.6) is 11.6 Å². The summed E-state index contributed by atoms with van der Waals surface area (Å²) in [5, 5.41) is 0.474. The number of nitrogens with one attached hydrogen (secondary N) is 1. The van der Waals surface area contributed by atoms with Gasteiger partial charge in [-0.25, -0.2) is 4.98 Å². The molecule has 2 aliphatic rings. The second-order valence-electron chi connectivity index (χ2n) is 8.42. The van der Waals surface area contributed by atoms with Crippen LogP contribution < -0.4 is 9.47 Å². The molecule has 0 aliphatic carbocycles. The summed E-state index contributed by atoms with van der Waals surface area (Å²) in [7, 11) is 2.96. The van der Waals surface area contributed by atoms with E-state index in [4.69, 9.17) is 9.47 Å². The number of fused-ring (bicyclic) bond motifs is 2. The van der Waals surface area contributed by atoms with E-state index < -0.39 is 11.7 Å². The van der Waals surface area contributed by atoms with Crippen LogP contribution >= 0.6 is 0 Å². The van der Waals surface area contributed by atoms with Gasteiger partial charge in [-0.1, -0.05) is 18.2 Å². The van der Waals surface area contributed by atoms with Crippen molar-refractivity contribution in [3.05, 3.63) is 53.9 Å². The van der Waals surface area contributed by atoms with Crippen LogP contribution in [0.4, 0.5) is 0 Å². The first kappa shape index (κ1) is 21.0. The molecule has 0 unspecified atom stereocenters. The average Bonchev–Trinajstić information content (AvgIpc) is 3.56. The van der Waals surface area contributed by atoms with E-state index in [0.29, 0.717) is 54.3 Å². The molecule has 170 valence electrons. The Bertz CT molecular complexity index is 1220. The number of Topliss-reactive ketones (excluding diaryl/α,β-unsaturated/α-hetero) is 1. The number of carbonyl (C=O) groups is 3. The van der Waals surface area contributed by atoms with Crippen LogP contribution in [0.3, 0.4) is 0 Å². The quantitative estimate of drug-likeness (QED) is 0.473. The lowest BCUT2D eigenvalue weighted by molar-refractivity contribution is -0.125. The monoisotopic (exact) mass is 448 g/mol. The van der Waals surface area contributed by atoms with Crippen LogP contribution in [-0.2, 0) is 4.79 Å². The molecule has 2 aromatic heterocycles. The Morgan fingerprint density at radius 2 is 1.64 bits per heavy atom. The zero-order valence-corrected chi connectivity index (χ0v) is 18.4. The molecule has 2 saturated heterocycles. The van der Waals surface area contributed by atoms with Crippen molar-refractivity contribution in [2.45, 2.75) is 0 Å². The number of carbonyl (C=O) groups excluding carboxylic acids is 3. The summed E-state index contributed by atoms with van der Waals surface area (Å²) in [6.07, 6.45) is 2.96. The minimum Gasteiger partial charge on any atom is -0.494 e. The number of H-pyrrole nitrogens is 1. The fourth-order valence-electron chi connectivity index (χ4n) is 4.93. The molecule has 1 N–H and O–H groups in total. The average molecular weight is 448 g/mol. The van der Waals surface area contributed by atoms with E-state index in [9.17, 15) is 14.4 Å². The molecule has 0 radical (unpaired) electrons. The van der Waals surface area contributed by atoms with Crippen LogP contribution in [-0.4, -0.2) is 77.8 Å². The number of methoxy groups -OCH3 is 2. The highest BCUT2D eigenvalue weighted by Gasteiger charge is 2.44. The Labute approximate surface area is 190 Å². The molecule has 2 aliphatic heterocycles. The maximum Gasteiger partial charge on any atom is 0.295 e. The summed E-state index contributed by atoms with van der Waals surface area (Å²) >= 11 is 0. The number of hydrogen-bond acceptors (Lipinski definition) is 6. The molecule has 5 rings (SSSR count). The van der Waals surface area contributed by atoms with E-state index in [1.165, 1.54) is 26.6 Å². The lowest BCUT2D eigenvalue weighted by Crippen LogP contribution is -2.38. The number of hydrogen-bond donors (Lipinski definition) is 1. The third-order valence-electron chi connectivity index (χ3n) is 6.57. The molecule has 2 atom stereocenters. The SMILES string of the molecule is COc1ncc(OC)c2c(C(=O)C(=O)N3C[C@@H]4CN(C(=O)c5ccccc5)C[C@@H]4C3)c[nH]c12. The summed E-state index contributed by atoms with van der Waals surface area (Å²) in [5.41, 5.74) is 1.39. The second kappa shape index (κ2) is 8.23. The number of pyridine rings is 1. The van der Waals surface area contributed by atoms with Crippen molar-refractivity contribution < 1.29 is 23.9 Å². The predicted octanol–water partition coefficient (Wildman–Crippen LogP) is 1.99. The van der Waals surface area contributed by atoms with Crippen molar-refractivity contribution in [3.8, 4) is 11.6 Å². The molecule has 9 nitrogen and oxygen atoms in total. The zero-order valence-electron chi connectivity index (χ0n) is 18.4. The van der Waals surface area contributed by atoms with Gasteiger partial charge in [-0.3, -0.25) is 14.4 Å². The lowest BCUT2D eigenvalue weighted by Gasteiger charge is -2.21. The predicted molar refractivity (Wildman–Crippen MR) is 119 cm³/mol. The van der Waals surface area contributed by atoms with Crippen LogP contribution in [0.15, 0.2) is 42.7 Å². The maximum absolute atomic E-state index is 13.2. The van der Waals surface area contributed by atoms with Gasteiger partial charge in [0.1, 0.15) is 11.3 Å². The van der Waals surface area contributed by atoms with E-state index >= 15 is 0 Å². The van der Waals surface area contributed by atoms with Gasteiger partial charge in [0.25, 0.3) is 17.6 Å². The van der Waals surface area contributed by atoms with Gasteiger partial charge in [-0.15, -0.1) is 0 Å². The number of benzene rings is 1. The summed E-state index contributed by atoms with van der Waals surface area (Å²) in [4.78, 5) is 49.6. The Balaban J connectivity index is 1.31. The van der Waals surface area contributed by atoms with Crippen molar-refractivity contribution in [2.24, 2.45) is 11.8 Å². The van der Waals surface area contributed by atoms with E-state index in [-0.39, 0.29) is 23.3 Å². The number of amides is 2. The number of aromatic amines is 1. The van der Waals surface area contributed by atoms with Crippen LogP contribution in [0.25, 0.3) is 10.9 Å². The molecular formula is C24H24N4O5. The van der Waals surface area contributed by atoms with Crippen molar-refractivity contribution >= 4 is 28.5 Å². The number of ether oxygens (including phenoxy) is 2.